The number of hydrogen-bond donors (Lipinski definition) is 2. The quantitative estimate of drug-likeness (QED) is 0.666. The third-order valence-corrected chi connectivity index (χ3v) is 5.62. The van der Waals surface area contributed by atoms with E-state index in [-0.39, 0.29) is 11.3 Å². The molecular weight excluding hydrogens is 362 g/mol. The van der Waals surface area contributed by atoms with Crippen LogP contribution in [0, 0.1) is 0 Å². The summed E-state index contributed by atoms with van der Waals surface area (Å²) in [7, 11) is 0. The van der Waals surface area contributed by atoms with Crippen LogP contribution in [0.5, 0.6) is 5.75 Å². The maximum atomic E-state index is 13.1. The molecule has 0 aliphatic carbocycles. The van der Waals surface area contributed by atoms with Crippen LogP contribution in [0.1, 0.15) is 27.2 Å². The number of Topliss-reactive ketones (excluding diaryl/α,β-unsaturated/α-hetero) is 1. The SMILES string of the molecule is O=C(CC1(O)C(=O)N(Cc2cccs2)c2ccccc21)c1ccccc1O. The lowest BCUT2D eigenvalue weighted by Gasteiger charge is -2.22. The van der Waals surface area contributed by atoms with Gasteiger partial charge in [0.05, 0.1) is 24.2 Å². The van der Waals surface area contributed by atoms with Gasteiger partial charge in [0.25, 0.3) is 5.91 Å². The van der Waals surface area contributed by atoms with Crippen LogP contribution in [-0.4, -0.2) is 21.9 Å². The number of carbonyl (C=O) groups excluding carboxylic acids is 2. The number of anilines is 1. The highest BCUT2D eigenvalue weighted by molar-refractivity contribution is 7.09. The molecule has 2 aromatic carbocycles. The number of ketones is 1. The van der Waals surface area contributed by atoms with Crippen molar-refractivity contribution in [1.29, 1.82) is 0 Å². The largest absolute Gasteiger partial charge is 0.507 e. The lowest BCUT2D eigenvalue weighted by molar-refractivity contribution is -0.136. The minimum atomic E-state index is -1.95. The molecule has 1 aromatic heterocycles. The molecule has 0 saturated heterocycles. The summed E-state index contributed by atoms with van der Waals surface area (Å²) in [4.78, 5) is 28.3. The predicted octanol–water partition coefficient (Wildman–Crippen LogP) is 3.46. The molecule has 1 atom stereocenters. The van der Waals surface area contributed by atoms with Crippen LogP contribution in [0.3, 0.4) is 0 Å². The van der Waals surface area contributed by atoms with E-state index in [4.69, 9.17) is 0 Å². The number of carbonyl (C=O) groups is 2. The molecule has 1 unspecified atom stereocenters. The van der Waals surface area contributed by atoms with Crippen LogP contribution >= 0.6 is 11.3 Å². The van der Waals surface area contributed by atoms with Crippen molar-refractivity contribution in [3.05, 3.63) is 82.0 Å². The maximum absolute atomic E-state index is 13.1. The molecule has 0 fully saturated rings. The van der Waals surface area contributed by atoms with Crippen LogP contribution < -0.4 is 4.90 Å². The second-order valence-corrected chi connectivity index (χ2v) is 7.50. The Morgan fingerprint density at radius 1 is 1.04 bits per heavy atom. The number of benzene rings is 2. The summed E-state index contributed by atoms with van der Waals surface area (Å²) >= 11 is 1.52. The molecular formula is C21H17NO4S. The number of hydrogen-bond acceptors (Lipinski definition) is 5. The highest BCUT2D eigenvalue weighted by atomic mass is 32.1. The third kappa shape index (κ3) is 2.93. The topological polar surface area (TPSA) is 77.8 Å². The van der Waals surface area contributed by atoms with Crippen LogP contribution in [-0.2, 0) is 16.9 Å². The number of para-hydroxylation sites is 2. The number of amides is 1. The zero-order valence-corrected chi connectivity index (χ0v) is 15.1. The van der Waals surface area contributed by atoms with Gasteiger partial charge in [-0.2, -0.15) is 0 Å². The molecule has 2 N–H and O–H groups in total. The highest BCUT2D eigenvalue weighted by Crippen LogP contribution is 2.44. The molecule has 0 saturated carbocycles. The molecule has 0 radical (unpaired) electrons. The number of thiophene rings is 1. The monoisotopic (exact) mass is 379 g/mol. The molecule has 5 nitrogen and oxygen atoms in total. The van der Waals surface area contributed by atoms with E-state index in [1.165, 1.54) is 28.4 Å². The normalized spacial score (nSPS) is 18.6. The van der Waals surface area contributed by atoms with Crippen molar-refractivity contribution >= 4 is 28.7 Å². The molecule has 0 spiro atoms. The molecule has 27 heavy (non-hydrogen) atoms. The number of aliphatic hydroxyl groups is 1. The smallest absolute Gasteiger partial charge is 0.264 e. The van der Waals surface area contributed by atoms with E-state index in [2.05, 4.69) is 0 Å². The van der Waals surface area contributed by atoms with Crippen molar-refractivity contribution in [3.8, 4) is 5.75 Å². The van der Waals surface area contributed by atoms with Crippen molar-refractivity contribution in [2.75, 3.05) is 4.90 Å². The van der Waals surface area contributed by atoms with Crippen LogP contribution in [0.4, 0.5) is 5.69 Å². The van der Waals surface area contributed by atoms with E-state index in [0.29, 0.717) is 17.8 Å². The van der Waals surface area contributed by atoms with Crippen LogP contribution in [0.15, 0.2) is 66.0 Å². The molecule has 3 aromatic rings. The number of phenolic OH excluding ortho intramolecular Hbond substituents is 1. The number of phenols is 1. The summed E-state index contributed by atoms with van der Waals surface area (Å²) in [6, 6.07) is 16.9. The zero-order chi connectivity index (χ0) is 19.0. The summed E-state index contributed by atoms with van der Waals surface area (Å²) in [6.07, 6.45) is -0.429. The fourth-order valence-corrected chi connectivity index (χ4v) is 4.12. The first-order chi connectivity index (χ1) is 13.0. The van der Waals surface area contributed by atoms with Gasteiger partial charge in [0.1, 0.15) is 5.75 Å². The van der Waals surface area contributed by atoms with Gasteiger partial charge in [-0.1, -0.05) is 36.4 Å². The molecule has 1 aliphatic rings. The number of nitrogens with zero attached hydrogens (tertiary/aromatic N) is 1. The van der Waals surface area contributed by atoms with Gasteiger partial charge in [-0.25, -0.2) is 0 Å². The molecule has 1 aliphatic heterocycles. The maximum Gasteiger partial charge on any atom is 0.264 e. The van der Waals surface area contributed by atoms with E-state index >= 15 is 0 Å². The van der Waals surface area contributed by atoms with Gasteiger partial charge in [-0.3, -0.25) is 9.59 Å². The van der Waals surface area contributed by atoms with Crippen molar-refractivity contribution in [3.63, 3.8) is 0 Å². The van der Waals surface area contributed by atoms with Gasteiger partial charge in [0, 0.05) is 10.4 Å². The standard InChI is InChI=1S/C21H17NO4S/c23-18-10-4-1-7-15(18)19(24)12-21(26)16-8-2-3-9-17(16)22(20(21)25)13-14-6-5-11-27-14/h1-11,23,26H,12-13H2. The van der Waals surface area contributed by atoms with E-state index in [1.54, 1.807) is 36.4 Å². The average molecular weight is 379 g/mol. The fourth-order valence-electron chi connectivity index (χ4n) is 3.43. The summed E-state index contributed by atoms with van der Waals surface area (Å²) in [5, 5.41) is 23.1. The molecule has 1 amide bonds. The Kier molecular flexibility index (Phi) is 4.30. The Bertz CT molecular complexity index is 1010. The Hall–Kier alpha value is -2.96. The van der Waals surface area contributed by atoms with Crippen molar-refractivity contribution in [2.45, 2.75) is 18.6 Å². The lowest BCUT2D eigenvalue weighted by atomic mass is 9.88. The van der Waals surface area contributed by atoms with Gasteiger partial charge in [-0.05, 0) is 29.6 Å². The van der Waals surface area contributed by atoms with E-state index in [0.717, 1.165) is 4.88 Å². The first-order valence-electron chi connectivity index (χ1n) is 8.48. The molecule has 0 bridgehead atoms. The van der Waals surface area contributed by atoms with Gasteiger partial charge in [0.2, 0.25) is 0 Å². The minimum absolute atomic E-state index is 0.0907. The number of rotatable bonds is 5. The van der Waals surface area contributed by atoms with E-state index in [9.17, 15) is 19.8 Å². The summed E-state index contributed by atoms with van der Waals surface area (Å²) in [5.74, 6) is -1.18. The lowest BCUT2D eigenvalue weighted by Crippen LogP contribution is -2.41. The van der Waals surface area contributed by atoms with E-state index in [1.807, 2.05) is 17.5 Å². The summed E-state index contributed by atoms with van der Waals surface area (Å²) in [6.45, 7) is 0.334. The number of aromatic hydroxyl groups is 1. The van der Waals surface area contributed by atoms with Gasteiger partial charge >= 0.3 is 0 Å². The van der Waals surface area contributed by atoms with Crippen molar-refractivity contribution in [1.82, 2.24) is 0 Å². The summed E-state index contributed by atoms with van der Waals surface area (Å²) < 4.78 is 0. The highest BCUT2D eigenvalue weighted by Gasteiger charge is 2.50. The molecule has 2 heterocycles. The first kappa shape index (κ1) is 17.5. The molecule has 136 valence electrons. The Morgan fingerprint density at radius 2 is 1.78 bits per heavy atom. The Balaban J connectivity index is 1.70. The molecule has 6 heteroatoms. The minimum Gasteiger partial charge on any atom is -0.507 e. The first-order valence-corrected chi connectivity index (χ1v) is 9.36. The number of fused-ring (bicyclic) bond motifs is 1. The second kappa shape index (κ2) is 6.64. The third-order valence-electron chi connectivity index (χ3n) is 4.75. The fraction of sp³-hybridized carbons (Fsp3) is 0.143. The van der Waals surface area contributed by atoms with E-state index < -0.39 is 23.7 Å². The second-order valence-electron chi connectivity index (χ2n) is 6.47. The zero-order valence-electron chi connectivity index (χ0n) is 14.3. The van der Waals surface area contributed by atoms with Crippen LogP contribution in [0.2, 0.25) is 0 Å². The van der Waals surface area contributed by atoms with Gasteiger partial charge in [0.15, 0.2) is 11.4 Å². The Morgan fingerprint density at radius 3 is 2.52 bits per heavy atom. The summed E-state index contributed by atoms with van der Waals surface area (Å²) in [5.41, 5.74) is -0.848. The average Bonchev–Trinajstić information content (AvgIpc) is 3.25. The van der Waals surface area contributed by atoms with Gasteiger partial charge < -0.3 is 15.1 Å². The predicted molar refractivity (Wildman–Crippen MR) is 103 cm³/mol. The molecule has 4 rings (SSSR count). The van der Waals surface area contributed by atoms with Crippen molar-refractivity contribution in [2.24, 2.45) is 0 Å². The van der Waals surface area contributed by atoms with Crippen molar-refractivity contribution < 1.29 is 19.8 Å². The van der Waals surface area contributed by atoms with Gasteiger partial charge in [-0.15, -0.1) is 11.3 Å². The van der Waals surface area contributed by atoms with Crippen LogP contribution in [0.25, 0.3) is 0 Å². The Labute approximate surface area is 160 Å².